The second-order valence-corrected chi connectivity index (χ2v) is 7.01. The summed E-state index contributed by atoms with van der Waals surface area (Å²) in [6.07, 6.45) is -0.492. The lowest BCUT2D eigenvalue weighted by atomic mass is 10.0. The summed E-state index contributed by atoms with van der Waals surface area (Å²) < 4.78 is 12.3. The Morgan fingerprint density at radius 3 is 2.69 bits per heavy atom. The highest BCUT2D eigenvalue weighted by molar-refractivity contribution is 6.31. The fourth-order valence-corrected chi connectivity index (χ4v) is 3.78. The van der Waals surface area contributed by atoms with E-state index in [0.717, 1.165) is 27.9 Å². The van der Waals surface area contributed by atoms with Gasteiger partial charge in [0.05, 0.1) is 18.8 Å². The molecule has 0 amide bonds. The molecule has 0 aliphatic carbocycles. The van der Waals surface area contributed by atoms with Gasteiger partial charge in [-0.15, -0.1) is 0 Å². The van der Waals surface area contributed by atoms with Gasteiger partial charge in [0.25, 0.3) is 0 Å². The summed E-state index contributed by atoms with van der Waals surface area (Å²) >= 11 is 6.34. The van der Waals surface area contributed by atoms with Crippen LogP contribution in [-0.2, 0) is 9.47 Å². The molecule has 1 fully saturated rings. The van der Waals surface area contributed by atoms with Crippen molar-refractivity contribution in [3.8, 4) is 0 Å². The van der Waals surface area contributed by atoms with Crippen LogP contribution < -0.4 is 5.32 Å². The zero-order valence-corrected chi connectivity index (χ0v) is 15.4. The molecule has 0 spiro atoms. The van der Waals surface area contributed by atoms with E-state index < -0.39 is 0 Å². The van der Waals surface area contributed by atoms with Crippen LogP contribution >= 0.6 is 11.6 Å². The highest BCUT2D eigenvalue weighted by Gasteiger charge is 2.30. The van der Waals surface area contributed by atoms with E-state index in [-0.39, 0.29) is 18.4 Å². The van der Waals surface area contributed by atoms with Gasteiger partial charge in [-0.3, -0.25) is 0 Å². The van der Waals surface area contributed by atoms with Gasteiger partial charge in [-0.2, -0.15) is 0 Å². The molecule has 4 rings (SSSR count). The number of ether oxygens (including phenoxy) is 2. The van der Waals surface area contributed by atoms with Crippen LogP contribution in [0.5, 0.6) is 0 Å². The van der Waals surface area contributed by atoms with Crippen molar-refractivity contribution in [3.63, 3.8) is 0 Å². The Balaban J connectivity index is 1.62. The lowest BCUT2D eigenvalue weighted by Crippen LogP contribution is -2.43. The third-order valence-electron chi connectivity index (χ3n) is 4.81. The Bertz CT molecular complexity index is 884. The molecule has 3 nitrogen and oxygen atoms in total. The van der Waals surface area contributed by atoms with Crippen molar-refractivity contribution in [2.45, 2.75) is 25.4 Å². The molecular weight excluding hydrogens is 346 g/mol. The van der Waals surface area contributed by atoms with E-state index in [4.69, 9.17) is 21.1 Å². The molecule has 1 aliphatic heterocycles. The maximum absolute atomic E-state index is 6.36. The lowest BCUT2D eigenvalue weighted by Gasteiger charge is -2.35. The van der Waals surface area contributed by atoms with Gasteiger partial charge in [0.15, 0.2) is 6.29 Å². The van der Waals surface area contributed by atoms with E-state index in [1.54, 1.807) is 0 Å². The van der Waals surface area contributed by atoms with Gasteiger partial charge in [0.1, 0.15) is 0 Å². The van der Waals surface area contributed by atoms with Crippen molar-refractivity contribution in [1.29, 1.82) is 0 Å². The second-order valence-electron chi connectivity index (χ2n) is 6.58. The number of hydrogen-bond acceptors (Lipinski definition) is 3. The molecule has 1 heterocycles. The number of rotatable bonds is 4. The van der Waals surface area contributed by atoms with E-state index >= 15 is 0 Å². The topological polar surface area (TPSA) is 30.5 Å². The van der Waals surface area contributed by atoms with Crippen LogP contribution in [-0.4, -0.2) is 19.4 Å². The molecule has 4 heteroatoms. The first-order chi connectivity index (χ1) is 12.7. The van der Waals surface area contributed by atoms with Crippen LogP contribution in [0.15, 0.2) is 66.7 Å². The predicted molar refractivity (Wildman–Crippen MR) is 105 cm³/mol. The van der Waals surface area contributed by atoms with Crippen LogP contribution in [0.3, 0.4) is 0 Å². The molecule has 0 bridgehead atoms. The van der Waals surface area contributed by atoms with Gasteiger partial charge in [-0.25, -0.2) is 0 Å². The van der Waals surface area contributed by atoms with Crippen molar-refractivity contribution >= 4 is 22.4 Å². The molecule has 1 saturated heterocycles. The Morgan fingerprint density at radius 1 is 1.08 bits per heavy atom. The first-order valence-corrected chi connectivity index (χ1v) is 9.34. The summed E-state index contributed by atoms with van der Waals surface area (Å²) in [7, 11) is 0. The number of morpholine rings is 1. The summed E-state index contributed by atoms with van der Waals surface area (Å²) in [6, 6.07) is 22.5. The van der Waals surface area contributed by atoms with Crippen LogP contribution in [0.2, 0.25) is 5.02 Å². The predicted octanol–water partition coefficient (Wildman–Crippen LogP) is 5.26. The fourth-order valence-electron chi connectivity index (χ4n) is 3.55. The SMILES string of the molecule is CC(OC1OCCNC1c1ccccc1)c1cc(Cl)cc2ccccc12. The van der Waals surface area contributed by atoms with Gasteiger partial charge in [0.2, 0.25) is 0 Å². The molecule has 3 aromatic carbocycles. The van der Waals surface area contributed by atoms with Gasteiger partial charge < -0.3 is 14.8 Å². The van der Waals surface area contributed by atoms with Crippen LogP contribution in [0, 0.1) is 0 Å². The van der Waals surface area contributed by atoms with Crippen molar-refractivity contribution < 1.29 is 9.47 Å². The molecule has 3 unspecified atom stereocenters. The number of fused-ring (bicyclic) bond motifs is 1. The number of benzene rings is 3. The third kappa shape index (κ3) is 3.62. The number of hydrogen-bond donors (Lipinski definition) is 1. The standard InChI is InChI=1S/C22H22ClNO2/c1-15(20-14-18(23)13-17-9-5-6-10-19(17)20)26-22-21(24-11-12-25-22)16-7-3-2-4-8-16/h2-10,13-15,21-22,24H,11-12H2,1H3. The van der Waals surface area contributed by atoms with Gasteiger partial charge in [0, 0.05) is 11.6 Å². The first-order valence-electron chi connectivity index (χ1n) is 8.96. The minimum atomic E-state index is -0.348. The summed E-state index contributed by atoms with van der Waals surface area (Å²) in [4.78, 5) is 0. The Labute approximate surface area is 158 Å². The first kappa shape index (κ1) is 17.5. The molecule has 26 heavy (non-hydrogen) atoms. The molecule has 0 saturated carbocycles. The maximum atomic E-state index is 6.36. The van der Waals surface area contributed by atoms with Crippen molar-refractivity contribution in [2.24, 2.45) is 0 Å². The van der Waals surface area contributed by atoms with Crippen LogP contribution in [0.4, 0.5) is 0 Å². The molecule has 1 aliphatic rings. The van der Waals surface area contributed by atoms with E-state index in [1.165, 1.54) is 5.56 Å². The molecule has 1 N–H and O–H groups in total. The highest BCUT2D eigenvalue weighted by Crippen LogP contribution is 2.33. The Hall–Kier alpha value is -1.91. The Morgan fingerprint density at radius 2 is 1.85 bits per heavy atom. The Kier molecular flexibility index (Phi) is 5.23. The van der Waals surface area contributed by atoms with Crippen LogP contribution in [0.1, 0.15) is 30.2 Å². The summed E-state index contributed by atoms with van der Waals surface area (Å²) in [5, 5.41) is 6.51. The van der Waals surface area contributed by atoms with E-state index in [0.29, 0.717) is 6.61 Å². The normalized spacial score (nSPS) is 21.6. The van der Waals surface area contributed by atoms with Gasteiger partial charge in [-0.05, 0) is 41.0 Å². The molecule has 0 radical (unpaired) electrons. The highest BCUT2D eigenvalue weighted by atomic mass is 35.5. The average Bonchev–Trinajstić information content (AvgIpc) is 2.68. The minimum absolute atomic E-state index is 0.0119. The quantitative estimate of drug-likeness (QED) is 0.682. The van der Waals surface area contributed by atoms with Crippen molar-refractivity contribution in [3.05, 3.63) is 82.9 Å². The van der Waals surface area contributed by atoms with Gasteiger partial charge in [-0.1, -0.05) is 66.2 Å². The molecule has 134 valence electrons. The van der Waals surface area contributed by atoms with E-state index in [2.05, 4.69) is 36.5 Å². The smallest absolute Gasteiger partial charge is 0.177 e. The van der Waals surface area contributed by atoms with Crippen molar-refractivity contribution in [1.82, 2.24) is 5.32 Å². The zero-order chi connectivity index (χ0) is 17.9. The molecule has 0 aromatic heterocycles. The zero-order valence-electron chi connectivity index (χ0n) is 14.7. The third-order valence-corrected chi connectivity index (χ3v) is 5.03. The monoisotopic (exact) mass is 367 g/mol. The maximum Gasteiger partial charge on any atom is 0.177 e. The summed E-state index contributed by atoms with van der Waals surface area (Å²) in [5.41, 5.74) is 2.24. The number of nitrogens with one attached hydrogen (secondary N) is 1. The summed E-state index contributed by atoms with van der Waals surface area (Å²) in [6.45, 7) is 3.50. The summed E-state index contributed by atoms with van der Waals surface area (Å²) in [5.74, 6) is 0. The second kappa shape index (κ2) is 7.77. The minimum Gasteiger partial charge on any atom is -0.349 e. The van der Waals surface area contributed by atoms with Crippen LogP contribution in [0.25, 0.3) is 10.8 Å². The molecule has 3 aromatic rings. The van der Waals surface area contributed by atoms with Gasteiger partial charge >= 0.3 is 0 Å². The average molecular weight is 368 g/mol. The van der Waals surface area contributed by atoms with Crippen molar-refractivity contribution in [2.75, 3.05) is 13.2 Å². The number of halogens is 1. The lowest BCUT2D eigenvalue weighted by molar-refractivity contribution is -0.199. The molecular formula is C22H22ClNO2. The van der Waals surface area contributed by atoms with E-state index in [9.17, 15) is 0 Å². The fraction of sp³-hybridized carbons (Fsp3) is 0.273. The van der Waals surface area contributed by atoms with E-state index in [1.807, 2.05) is 42.5 Å². The molecule has 3 atom stereocenters. The largest absolute Gasteiger partial charge is 0.349 e.